The molecule has 1 aliphatic heterocycles. The van der Waals surface area contributed by atoms with Gasteiger partial charge in [0.15, 0.2) is 0 Å². The number of hydrogen-bond donors (Lipinski definition) is 2. The van der Waals surface area contributed by atoms with Crippen molar-refractivity contribution in [2.24, 2.45) is 0 Å². The average Bonchev–Trinajstić information content (AvgIpc) is 3.05. The Kier molecular flexibility index (Phi) is 6.85. The molecule has 0 spiro atoms. The lowest BCUT2D eigenvalue weighted by Gasteiger charge is -2.35. The Morgan fingerprint density at radius 3 is 2.32 bits per heavy atom. The predicted molar refractivity (Wildman–Crippen MR) is 130 cm³/mol. The molecule has 0 bridgehead atoms. The highest BCUT2D eigenvalue weighted by molar-refractivity contribution is 5.93. The van der Waals surface area contributed by atoms with E-state index in [2.05, 4.69) is 21.2 Å². The maximum absolute atomic E-state index is 13.3. The second-order valence-electron chi connectivity index (χ2n) is 8.59. The van der Waals surface area contributed by atoms with E-state index in [0.717, 1.165) is 48.7 Å². The Labute approximate surface area is 198 Å². The number of nitrogens with one attached hydrogen (secondary N) is 1. The van der Waals surface area contributed by atoms with Gasteiger partial charge >= 0.3 is 0 Å². The minimum Gasteiger partial charge on any atom is -0.508 e. The summed E-state index contributed by atoms with van der Waals surface area (Å²) in [6.45, 7) is 7.46. The van der Waals surface area contributed by atoms with E-state index in [0.29, 0.717) is 17.9 Å². The summed E-state index contributed by atoms with van der Waals surface area (Å²) in [7, 11) is 0. The molecule has 0 aliphatic carbocycles. The first-order chi connectivity index (χ1) is 16.4. The van der Waals surface area contributed by atoms with Crippen molar-refractivity contribution < 1.29 is 14.3 Å². The number of carbonyl (C=O) groups is 1. The zero-order valence-corrected chi connectivity index (χ0v) is 19.4. The number of aromatic nitrogens is 1. The molecule has 0 atom stereocenters. The third kappa shape index (κ3) is 5.05. The van der Waals surface area contributed by atoms with Gasteiger partial charge in [0, 0.05) is 44.1 Å². The van der Waals surface area contributed by atoms with Crippen molar-refractivity contribution in [1.82, 2.24) is 9.47 Å². The molecule has 1 aliphatic rings. The van der Waals surface area contributed by atoms with Crippen LogP contribution in [-0.2, 0) is 11.3 Å². The van der Waals surface area contributed by atoms with Crippen molar-refractivity contribution in [2.75, 3.05) is 42.9 Å². The van der Waals surface area contributed by atoms with Gasteiger partial charge in [0.1, 0.15) is 23.5 Å². The molecule has 4 rings (SSSR count). The molecule has 0 saturated carbocycles. The number of anilines is 2. The summed E-state index contributed by atoms with van der Waals surface area (Å²) in [6, 6.07) is 15.6. The third-order valence-corrected chi connectivity index (χ3v) is 6.41. The molecule has 1 fully saturated rings. The number of amides is 1. The number of hydrogen-bond acceptors (Lipinski definition) is 5. The highest BCUT2D eigenvalue weighted by atomic mass is 19.1. The molecule has 8 heteroatoms. The zero-order chi connectivity index (χ0) is 24.2. The molecule has 1 aromatic heterocycles. The van der Waals surface area contributed by atoms with Crippen molar-refractivity contribution in [3.63, 3.8) is 0 Å². The van der Waals surface area contributed by atoms with Crippen LogP contribution < -0.4 is 10.2 Å². The van der Waals surface area contributed by atoms with Crippen molar-refractivity contribution in [1.29, 1.82) is 5.26 Å². The minimum atomic E-state index is -0.305. The number of nitrogens with zero attached hydrogens (tertiary/aromatic N) is 4. The molecule has 2 heterocycles. The maximum Gasteiger partial charge on any atom is 0.239 e. The summed E-state index contributed by atoms with van der Waals surface area (Å²) in [5.74, 6) is 0.244. The summed E-state index contributed by atoms with van der Waals surface area (Å²) >= 11 is 0. The summed E-state index contributed by atoms with van der Waals surface area (Å²) in [5, 5.41) is 22.2. The first kappa shape index (κ1) is 23.3. The fourth-order valence-corrected chi connectivity index (χ4v) is 4.30. The zero-order valence-electron chi connectivity index (χ0n) is 19.4. The van der Waals surface area contributed by atoms with Crippen LogP contribution in [0.4, 0.5) is 15.9 Å². The third-order valence-electron chi connectivity index (χ3n) is 6.41. The van der Waals surface area contributed by atoms with E-state index in [1.165, 1.54) is 12.1 Å². The number of rotatable bonds is 6. The van der Waals surface area contributed by atoms with Gasteiger partial charge in [-0.15, -0.1) is 0 Å². The molecule has 2 N–H and O–H groups in total. The number of benzene rings is 2. The number of aromatic hydroxyl groups is 1. The van der Waals surface area contributed by atoms with E-state index >= 15 is 0 Å². The largest absolute Gasteiger partial charge is 0.508 e. The molecular weight excluding hydrogens is 433 g/mol. The molecule has 0 unspecified atom stereocenters. The predicted octanol–water partition coefficient (Wildman–Crippen LogP) is 3.63. The number of piperazine rings is 1. The molecular formula is C26H28FN5O2. The van der Waals surface area contributed by atoms with Crippen molar-refractivity contribution in [2.45, 2.75) is 20.4 Å². The molecule has 7 nitrogen and oxygen atoms in total. The Balaban J connectivity index is 1.42. The SMILES string of the molecule is Cc1c(C#N)c(NC(=O)CN2CCN(c3ccc(O)cc3)CC2)n(Cc2ccc(F)cc2)c1C. The van der Waals surface area contributed by atoms with Crippen molar-refractivity contribution in [3.05, 3.63) is 76.7 Å². The van der Waals surface area contributed by atoms with E-state index in [1.807, 2.05) is 30.5 Å². The molecule has 3 aromatic rings. The second-order valence-corrected chi connectivity index (χ2v) is 8.59. The van der Waals surface area contributed by atoms with Gasteiger partial charge < -0.3 is 19.9 Å². The Morgan fingerprint density at radius 2 is 1.71 bits per heavy atom. The van der Waals surface area contributed by atoms with Crippen LogP contribution in [-0.4, -0.2) is 53.2 Å². The minimum absolute atomic E-state index is 0.174. The quantitative estimate of drug-likeness (QED) is 0.586. The Hall–Kier alpha value is -3.83. The lowest BCUT2D eigenvalue weighted by Crippen LogP contribution is -2.48. The van der Waals surface area contributed by atoms with Crippen LogP contribution in [0, 0.1) is 31.0 Å². The smallest absolute Gasteiger partial charge is 0.239 e. The number of phenols is 1. The average molecular weight is 462 g/mol. The number of phenolic OH excluding ortho intramolecular Hbond substituents is 1. The van der Waals surface area contributed by atoms with Gasteiger partial charge in [-0.1, -0.05) is 12.1 Å². The molecule has 34 heavy (non-hydrogen) atoms. The highest BCUT2D eigenvalue weighted by Crippen LogP contribution is 2.27. The maximum atomic E-state index is 13.3. The highest BCUT2D eigenvalue weighted by Gasteiger charge is 2.23. The van der Waals surface area contributed by atoms with Crippen molar-refractivity contribution >= 4 is 17.4 Å². The fourth-order valence-electron chi connectivity index (χ4n) is 4.30. The van der Waals surface area contributed by atoms with Crippen molar-refractivity contribution in [3.8, 4) is 11.8 Å². The first-order valence-corrected chi connectivity index (χ1v) is 11.3. The van der Waals surface area contributed by atoms with Crippen LogP contribution >= 0.6 is 0 Å². The number of nitriles is 1. The van der Waals surface area contributed by atoms with Gasteiger partial charge in [-0.25, -0.2) is 4.39 Å². The molecule has 2 aromatic carbocycles. The van der Waals surface area contributed by atoms with Gasteiger partial charge in [-0.05, 0) is 61.4 Å². The van der Waals surface area contributed by atoms with Gasteiger partial charge in [0.25, 0.3) is 0 Å². The summed E-state index contributed by atoms with van der Waals surface area (Å²) in [6.07, 6.45) is 0. The van der Waals surface area contributed by atoms with E-state index in [-0.39, 0.29) is 24.0 Å². The monoisotopic (exact) mass is 461 g/mol. The van der Waals surface area contributed by atoms with Gasteiger partial charge in [0.05, 0.1) is 12.1 Å². The van der Waals surface area contributed by atoms with Crippen LogP contribution in [0.3, 0.4) is 0 Å². The van der Waals surface area contributed by atoms with E-state index < -0.39 is 0 Å². The lowest BCUT2D eigenvalue weighted by atomic mass is 10.2. The van der Waals surface area contributed by atoms with Crippen LogP contribution in [0.25, 0.3) is 0 Å². The number of carbonyl (C=O) groups excluding carboxylic acids is 1. The lowest BCUT2D eigenvalue weighted by molar-refractivity contribution is -0.117. The molecule has 1 saturated heterocycles. The van der Waals surface area contributed by atoms with E-state index in [1.54, 1.807) is 24.3 Å². The topological polar surface area (TPSA) is 84.5 Å². The fraction of sp³-hybridized carbons (Fsp3) is 0.308. The normalized spacial score (nSPS) is 14.1. The van der Waals surface area contributed by atoms with Crippen LogP contribution in [0.1, 0.15) is 22.4 Å². The van der Waals surface area contributed by atoms with Crippen LogP contribution in [0.5, 0.6) is 5.75 Å². The van der Waals surface area contributed by atoms with Gasteiger partial charge in [0.2, 0.25) is 5.91 Å². The standard InChI is InChI=1S/C26H28FN5O2/c1-18-19(2)32(16-20-3-5-21(27)6-4-20)26(24(18)15-28)29-25(34)17-30-11-13-31(14-12-30)22-7-9-23(33)10-8-22/h3-10,33H,11-14,16-17H2,1-2H3,(H,29,34). The second kappa shape index (κ2) is 9.98. The molecule has 176 valence electrons. The molecule has 0 radical (unpaired) electrons. The van der Waals surface area contributed by atoms with Crippen LogP contribution in [0.15, 0.2) is 48.5 Å². The van der Waals surface area contributed by atoms with Crippen LogP contribution in [0.2, 0.25) is 0 Å². The summed E-state index contributed by atoms with van der Waals surface area (Å²) in [4.78, 5) is 17.3. The summed E-state index contributed by atoms with van der Waals surface area (Å²) in [5.41, 5.74) is 4.08. The van der Waals surface area contributed by atoms with Gasteiger partial charge in [-0.2, -0.15) is 5.26 Å². The van der Waals surface area contributed by atoms with Gasteiger partial charge in [-0.3, -0.25) is 9.69 Å². The van der Waals surface area contributed by atoms with E-state index in [4.69, 9.17) is 0 Å². The molecule has 1 amide bonds. The Morgan fingerprint density at radius 1 is 1.06 bits per heavy atom. The van der Waals surface area contributed by atoms with E-state index in [9.17, 15) is 19.6 Å². The Bertz CT molecular complexity index is 1200. The first-order valence-electron chi connectivity index (χ1n) is 11.3. The number of halogens is 1. The summed E-state index contributed by atoms with van der Waals surface area (Å²) < 4.78 is 15.2.